The molecule has 0 aliphatic rings. The fraction of sp³-hybridized carbons (Fsp3) is 0.294. The highest BCUT2D eigenvalue weighted by Gasteiger charge is 2.27. The van der Waals surface area contributed by atoms with Crippen LogP contribution in [0.3, 0.4) is 0 Å². The van der Waals surface area contributed by atoms with Crippen LogP contribution in [0.1, 0.15) is 36.1 Å². The van der Waals surface area contributed by atoms with Gasteiger partial charge < -0.3 is 0 Å². The Labute approximate surface area is 134 Å². The molecule has 6 nitrogen and oxygen atoms in total. The van der Waals surface area contributed by atoms with Crippen molar-refractivity contribution in [2.75, 3.05) is 0 Å². The monoisotopic (exact) mass is 314 g/mol. The largest absolute Gasteiger partial charge is 0.269 e. The molecule has 2 aromatic carbocycles. The average Bonchev–Trinajstić information content (AvgIpc) is 2.45. The Morgan fingerprint density at radius 3 is 1.39 bits per heavy atom. The molecule has 2 rings (SSSR count). The van der Waals surface area contributed by atoms with Gasteiger partial charge in [-0.25, -0.2) is 0 Å². The predicted molar refractivity (Wildman–Crippen MR) is 87.8 cm³/mol. The van der Waals surface area contributed by atoms with Gasteiger partial charge in [-0.2, -0.15) is 0 Å². The number of nitro benzene ring substituents is 2. The van der Waals surface area contributed by atoms with E-state index in [2.05, 4.69) is 0 Å². The standard InChI is InChI=1S/C17H18N2O4/c1-11-5-13(9-15(7-11)18(20)21)17(3,4)14-6-12(2)8-16(10-14)19(22)23/h5-10H,1-4H3. The average molecular weight is 314 g/mol. The summed E-state index contributed by atoms with van der Waals surface area (Å²) < 4.78 is 0. The lowest BCUT2D eigenvalue weighted by Gasteiger charge is -2.26. The highest BCUT2D eigenvalue weighted by atomic mass is 16.6. The first-order valence-electron chi connectivity index (χ1n) is 7.14. The second kappa shape index (κ2) is 5.79. The van der Waals surface area contributed by atoms with E-state index in [9.17, 15) is 20.2 Å². The second-order valence-electron chi connectivity index (χ2n) is 6.25. The highest BCUT2D eigenvalue weighted by Crippen LogP contribution is 2.36. The van der Waals surface area contributed by atoms with Crippen molar-refractivity contribution in [2.24, 2.45) is 0 Å². The summed E-state index contributed by atoms with van der Waals surface area (Å²) in [5.74, 6) is 0. The lowest BCUT2D eigenvalue weighted by atomic mass is 9.77. The van der Waals surface area contributed by atoms with Gasteiger partial charge in [-0.3, -0.25) is 20.2 Å². The van der Waals surface area contributed by atoms with Crippen molar-refractivity contribution in [1.82, 2.24) is 0 Å². The molecule has 0 aromatic heterocycles. The molecule has 0 aliphatic carbocycles. The molecule has 120 valence electrons. The van der Waals surface area contributed by atoms with E-state index in [1.165, 1.54) is 24.3 Å². The van der Waals surface area contributed by atoms with Gasteiger partial charge in [0.25, 0.3) is 11.4 Å². The molecule has 0 atom stereocenters. The molecule has 0 saturated carbocycles. The van der Waals surface area contributed by atoms with E-state index in [-0.39, 0.29) is 11.4 Å². The first-order valence-corrected chi connectivity index (χ1v) is 7.14. The van der Waals surface area contributed by atoms with Crippen molar-refractivity contribution in [1.29, 1.82) is 0 Å². The minimum absolute atomic E-state index is 0.0234. The predicted octanol–water partition coefficient (Wildman–Crippen LogP) is 4.45. The third-order valence-electron chi connectivity index (χ3n) is 3.99. The molecular formula is C17H18N2O4. The zero-order valence-corrected chi connectivity index (χ0v) is 13.5. The van der Waals surface area contributed by atoms with Gasteiger partial charge >= 0.3 is 0 Å². The highest BCUT2D eigenvalue weighted by molar-refractivity contribution is 5.49. The van der Waals surface area contributed by atoms with Crippen molar-refractivity contribution in [2.45, 2.75) is 33.1 Å². The number of rotatable bonds is 4. The molecule has 0 bridgehead atoms. The summed E-state index contributed by atoms with van der Waals surface area (Å²) >= 11 is 0. The molecule has 0 saturated heterocycles. The smallest absolute Gasteiger partial charge is 0.258 e. The molecule has 0 fully saturated rings. The van der Waals surface area contributed by atoms with E-state index < -0.39 is 15.3 Å². The van der Waals surface area contributed by atoms with Gasteiger partial charge in [0.05, 0.1) is 9.85 Å². The van der Waals surface area contributed by atoms with Crippen molar-refractivity contribution in [3.05, 3.63) is 78.9 Å². The quantitative estimate of drug-likeness (QED) is 0.616. The maximum Gasteiger partial charge on any atom is 0.269 e. The number of nitrogens with zero attached hydrogens (tertiary/aromatic N) is 2. The van der Waals surface area contributed by atoms with Crippen molar-refractivity contribution >= 4 is 11.4 Å². The third kappa shape index (κ3) is 3.36. The summed E-state index contributed by atoms with van der Waals surface area (Å²) in [6.45, 7) is 7.41. The zero-order valence-electron chi connectivity index (χ0n) is 13.5. The minimum Gasteiger partial charge on any atom is -0.258 e. The SMILES string of the molecule is Cc1cc([N+](=O)[O-])cc(C(C)(C)c2cc(C)cc([N+](=O)[O-])c2)c1. The summed E-state index contributed by atoms with van der Waals surface area (Å²) in [4.78, 5) is 21.3. The molecular weight excluding hydrogens is 296 g/mol. The van der Waals surface area contributed by atoms with Crippen LogP contribution in [0, 0.1) is 34.1 Å². The van der Waals surface area contributed by atoms with Gasteiger partial charge in [-0.1, -0.05) is 26.0 Å². The Kier molecular flexibility index (Phi) is 4.18. The van der Waals surface area contributed by atoms with E-state index in [0.29, 0.717) is 0 Å². The molecule has 0 amide bonds. The van der Waals surface area contributed by atoms with E-state index in [1.54, 1.807) is 13.8 Å². The molecule has 0 aliphatic heterocycles. The van der Waals surface area contributed by atoms with Crippen molar-refractivity contribution < 1.29 is 9.85 Å². The van der Waals surface area contributed by atoms with Crippen molar-refractivity contribution in [3.63, 3.8) is 0 Å². The molecule has 0 spiro atoms. The Hall–Kier alpha value is -2.76. The Bertz CT molecular complexity index is 732. The van der Waals surface area contributed by atoms with Gasteiger partial charge in [0.1, 0.15) is 0 Å². The lowest BCUT2D eigenvalue weighted by molar-refractivity contribution is -0.385. The first-order chi connectivity index (χ1) is 10.6. The van der Waals surface area contributed by atoms with Crippen LogP contribution in [0.25, 0.3) is 0 Å². The normalized spacial score (nSPS) is 11.3. The lowest BCUT2D eigenvalue weighted by Crippen LogP contribution is -2.19. The van der Waals surface area contributed by atoms with Crippen LogP contribution in [0.4, 0.5) is 11.4 Å². The number of aryl methyl sites for hydroxylation is 2. The molecule has 6 heteroatoms. The van der Waals surface area contributed by atoms with Crippen LogP contribution in [0.5, 0.6) is 0 Å². The number of benzene rings is 2. The van der Waals surface area contributed by atoms with Crippen LogP contribution in [-0.2, 0) is 5.41 Å². The zero-order chi connectivity index (χ0) is 17.4. The van der Waals surface area contributed by atoms with Gasteiger partial charge in [-0.15, -0.1) is 0 Å². The van der Waals surface area contributed by atoms with E-state index in [4.69, 9.17) is 0 Å². The Balaban J connectivity index is 2.62. The van der Waals surface area contributed by atoms with Gasteiger partial charge in [0.15, 0.2) is 0 Å². The molecule has 0 N–H and O–H groups in total. The van der Waals surface area contributed by atoms with Crippen LogP contribution < -0.4 is 0 Å². The van der Waals surface area contributed by atoms with E-state index in [0.717, 1.165) is 22.3 Å². The van der Waals surface area contributed by atoms with Gasteiger partial charge in [0.2, 0.25) is 0 Å². The third-order valence-corrected chi connectivity index (χ3v) is 3.99. The number of non-ortho nitro benzene ring substituents is 2. The van der Waals surface area contributed by atoms with Crippen LogP contribution in [-0.4, -0.2) is 9.85 Å². The second-order valence-corrected chi connectivity index (χ2v) is 6.25. The summed E-state index contributed by atoms with van der Waals surface area (Å²) in [5, 5.41) is 22.2. The molecule has 23 heavy (non-hydrogen) atoms. The minimum atomic E-state index is -0.590. The Morgan fingerprint density at radius 1 is 0.739 bits per heavy atom. The van der Waals surface area contributed by atoms with E-state index in [1.807, 2.05) is 26.0 Å². The maximum absolute atomic E-state index is 11.1. The van der Waals surface area contributed by atoms with Crippen molar-refractivity contribution in [3.8, 4) is 0 Å². The molecule has 2 aromatic rings. The maximum atomic E-state index is 11.1. The molecule has 0 radical (unpaired) electrons. The van der Waals surface area contributed by atoms with Gasteiger partial charge in [0, 0.05) is 29.7 Å². The fourth-order valence-corrected chi connectivity index (χ4v) is 2.62. The Morgan fingerprint density at radius 2 is 1.09 bits per heavy atom. The van der Waals surface area contributed by atoms with Gasteiger partial charge in [-0.05, 0) is 36.1 Å². The summed E-state index contributed by atoms with van der Waals surface area (Å²) in [6, 6.07) is 9.83. The van der Waals surface area contributed by atoms with Crippen LogP contribution in [0.15, 0.2) is 36.4 Å². The first kappa shape index (κ1) is 16.6. The number of hydrogen-bond donors (Lipinski definition) is 0. The summed E-state index contributed by atoms with van der Waals surface area (Å²) in [7, 11) is 0. The van der Waals surface area contributed by atoms with Crippen LogP contribution in [0.2, 0.25) is 0 Å². The fourth-order valence-electron chi connectivity index (χ4n) is 2.62. The van der Waals surface area contributed by atoms with E-state index >= 15 is 0 Å². The summed E-state index contributed by atoms with van der Waals surface area (Å²) in [5.41, 5.74) is 2.53. The molecule has 0 unspecified atom stereocenters. The number of hydrogen-bond acceptors (Lipinski definition) is 4. The topological polar surface area (TPSA) is 86.3 Å². The number of nitro groups is 2. The summed E-state index contributed by atoms with van der Waals surface area (Å²) in [6.07, 6.45) is 0. The molecule has 0 heterocycles. The van der Waals surface area contributed by atoms with Crippen LogP contribution >= 0.6 is 0 Å².